The van der Waals surface area contributed by atoms with E-state index < -0.39 is 24.7 Å². The highest BCUT2D eigenvalue weighted by atomic mass is 16.5. The summed E-state index contributed by atoms with van der Waals surface area (Å²) in [7, 11) is 0. The number of primary amides is 1. The van der Waals surface area contributed by atoms with Gasteiger partial charge in [-0.05, 0) is 6.42 Å². The molecule has 0 saturated carbocycles. The second-order valence-electron chi connectivity index (χ2n) is 4.92. The molecule has 0 aromatic heterocycles. The third kappa shape index (κ3) is 9.87. The zero-order valence-corrected chi connectivity index (χ0v) is 12.0. The zero-order chi connectivity index (χ0) is 14.5. The molecule has 0 radical (unpaired) electrons. The van der Waals surface area contributed by atoms with Gasteiger partial charge >= 0.3 is 0 Å². The van der Waals surface area contributed by atoms with Gasteiger partial charge in [0.25, 0.3) is 0 Å². The summed E-state index contributed by atoms with van der Waals surface area (Å²) in [5, 5.41) is 18.1. The predicted molar refractivity (Wildman–Crippen MR) is 74.6 cm³/mol. The van der Waals surface area contributed by atoms with Gasteiger partial charge in [0.05, 0.1) is 6.61 Å². The maximum atomic E-state index is 11.0. The van der Waals surface area contributed by atoms with Crippen molar-refractivity contribution in [2.24, 2.45) is 5.73 Å². The summed E-state index contributed by atoms with van der Waals surface area (Å²) in [6, 6.07) is 0. The second-order valence-corrected chi connectivity index (χ2v) is 4.92. The topological polar surface area (TPSA) is 92.8 Å². The molecule has 0 unspecified atom stereocenters. The highest BCUT2D eigenvalue weighted by Crippen LogP contribution is 2.09. The molecule has 0 bridgehead atoms. The highest BCUT2D eigenvalue weighted by Gasteiger charge is 2.24. The number of aliphatic hydroxyl groups excluding tert-OH is 2. The minimum atomic E-state index is -1.23. The summed E-state index contributed by atoms with van der Waals surface area (Å²) < 4.78 is 5.22. The van der Waals surface area contributed by atoms with E-state index in [1.807, 2.05) is 0 Å². The molecule has 0 aromatic rings. The van der Waals surface area contributed by atoms with Crippen molar-refractivity contribution in [3.05, 3.63) is 0 Å². The van der Waals surface area contributed by atoms with Crippen LogP contribution in [-0.2, 0) is 9.53 Å². The van der Waals surface area contributed by atoms with Gasteiger partial charge in [0.15, 0.2) is 6.10 Å². The Labute approximate surface area is 116 Å². The molecule has 0 heterocycles. The van der Waals surface area contributed by atoms with Crippen LogP contribution in [0.15, 0.2) is 0 Å². The summed E-state index contributed by atoms with van der Waals surface area (Å²) in [5.74, 6) is -0.735. The minimum absolute atomic E-state index is 0.389. The van der Waals surface area contributed by atoms with E-state index in [-0.39, 0.29) is 0 Å². The largest absolute Gasteiger partial charge is 0.394 e. The van der Waals surface area contributed by atoms with Crippen LogP contribution in [-0.4, -0.2) is 41.5 Å². The molecule has 0 aliphatic heterocycles. The molecular weight excluding hydrogens is 246 g/mol. The normalized spacial score (nSPS) is 14.3. The van der Waals surface area contributed by atoms with Crippen LogP contribution in [0.1, 0.15) is 58.3 Å². The molecule has 5 heteroatoms. The van der Waals surface area contributed by atoms with Crippen molar-refractivity contribution in [2.75, 3.05) is 13.2 Å². The Balaban J connectivity index is 3.48. The van der Waals surface area contributed by atoms with Crippen LogP contribution in [0.3, 0.4) is 0 Å². The van der Waals surface area contributed by atoms with Gasteiger partial charge in [-0.2, -0.15) is 0 Å². The first-order valence-corrected chi connectivity index (χ1v) is 7.33. The fraction of sp³-hybridized carbons (Fsp3) is 0.929. The molecule has 114 valence electrons. The Morgan fingerprint density at radius 2 is 1.63 bits per heavy atom. The Morgan fingerprint density at radius 1 is 1.11 bits per heavy atom. The molecule has 0 aliphatic rings. The van der Waals surface area contributed by atoms with Crippen LogP contribution >= 0.6 is 0 Å². The van der Waals surface area contributed by atoms with E-state index in [0.717, 1.165) is 19.3 Å². The van der Waals surface area contributed by atoms with E-state index in [4.69, 9.17) is 15.6 Å². The van der Waals surface area contributed by atoms with Gasteiger partial charge in [-0.3, -0.25) is 4.79 Å². The molecule has 19 heavy (non-hydrogen) atoms. The molecule has 4 N–H and O–H groups in total. The van der Waals surface area contributed by atoms with Crippen LogP contribution < -0.4 is 5.73 Å². The van der Waals surface area contributed by atoms with Gasteiger partial charge in [-0.15, -0.1) is 0 Å². The fourth-order valence-electron chi connectivity index (χ4n) is 1.92. The fourth-order valence-corrected chi connectivity index (χ4v) is 1.92. The lowest BCUT2D eigenvalue weighted by molar-refractivity contribution is -0.139. The summed E-state index contributed by atoms with van der Waals surface area (Å²) in [6.07, 6.45) is 7.11. The van der Waals surface area contributed by atoms with Gasteiger partial charge in [0.2, 0.25) is 5.91 Å². The van der Waals surface area contributed by atoms with Gasteiger partial charge in [-0.1, -0.05) is 51.9 Å². The lowest BCUT2D eigenvalue weighted by Gasteiger charge is -2.18. The number of ether oxygens (including phenoxy) is 1. The van der Waals surface area contributed by atoms with E-state index >= 15 is 0 Å². The minimum Gasteiger partial charge on any atom is -0.394 e. The molecule has 0 saturated heterocycles. The smallest absolute Gasteiger partial charge is 0.249 e. The molecule has 0 aromatic carbocycles. The monoisotopic (exact) mass is 275 g/mol. The second kappa shape index (κ2) is 12.4. The van der Waals surface area contributed by atoms with Gasteiger partial charge in [0, 0.05) is 6.61 Å². The molecule has 0 aliphatic carbocycles. The molecule has 0 fully saturated rings. The SMILES string of the molecule is CCCCCCCCCCO[C@@H](C(N)=O)[C@H](O)CO. The highest BCUT2D eigenvalue weighted by molar-refractivity contribution is 5.79. The van der Waals surface area contributed by atoms with Crippen molar-refractivity contribution in [1.29, 1.82) is 0 Å². The van der Waals surface area contributed by atoms with Gasteiger partial charge < -0.3 is 20.7 Å². The van der Waals surface area contributed by atoms with Gasteiger partial charge in [0.1, 0.15) is 6.10 Å². The molecule has 2 atom stereocenters. The third-order valence-electron chi connectivity index (χ3n) is 3.11. The van der Waals surface area contributed by atoms with Crippen molar-refractivity contribution >= 4 is 5.91 Å². The van der Waals surface area contributed by atoms with Gasteiger partial charge in [-0.25, -0.2) is 0 Å². The first-order valence-electron chi connectivity index (χ1n) is 7.33. The number of aliphatic hydroxyl groups is 2. The van der Waals surface area contributed by atoms with E-state index in [9.17, 15) is 9.90 Å². The van der Waals surface area contributed by atoms with Crippen molar-refractivity contribution < 1.29 is 19.7 Å². The summed E-state index contributed by atoms with van der Waals surface area (Å²) >= 11 is 0. The molecule has 5 nitrogen and oxygen atoms in total. The Kier molecular flexibility index (Phi) is 12.0. The van der Waals surface area contributed by atoms with Crippen molar-refractivity contribution in [1.82, 2.24) is 0 Å². The molecular formula is C14H29NO4. The van der Waals surface area contributed by atoms with Crippen LogP contribution in [0.2, 0.25) is 0 Å². The van der Waals surface area contributed by atoms with Crippen molar-refractivity contribution in [2.45, 2.75) is 70.5 Å². The Bertz CT molecular complexity index is 223. The van der Waals surface area contributed by atoms with Crippen LogP contribution in [0, 0.1) is 0 Å². The van der Waals surface area contributed by atoms with Crippen LogP contribution in [0.4, 0.5) is 0 Å². The number of hydrogen-bond donors (Lipinski definition) is 3. The average Bonchev–Trinajstić information content (AvgIpc) is 2.40. The lowest BCUT2D eigenvalue weighted by atomic mass is 10.1. The molecule has 0 spiro atoms. The van der Waals surface area contributed by atoms with E-state index in [1.165, 1.54) is 32.1 Å². The first-order chi connectivity index (χ1) is 9.13. The van der Waals surface area contributed by atoms with E-state index in [1.54, 1.807) is 0 Å². The number of unbranched alkanes of at least 4 members (excludes halogenated alkanes) is 7. The predicted octanol–water partition coefficient (Wildman–Crippen LogP) is 1.35. The zero-order valence-electron chi connectivity index (χ0n) is 12.0. The number of carbonyl (C=O) groups is 1. The van der Waals surface area contributed by atoms with E-state index in [0.29, 0.717) is 6.61 Å². The maximum absolute atomic E-state index is 11.0. The van der Waals surface area contributed by atoms with E-state index in [2.05, 4.69) is 6.92 Å². The number of carbonyl (C=O) groups excluding carboxylic acids is 1. The first kappa shape index (κ1) is 18.4. The summed E-state index contributed by atoms with van der Waals surface area (Å²) in [4.78, 5) is 11.0. The van der Waals surface area contributed by atoms with Crippen molar-refractivity contribution in [3.8, 4) is 0 Å². The summed E-state index contributed by atoms with van der Waals surface area (Å²) in [6.45, 7) is 2.07. The summed E-state index contributed by atoms with van der Waals surface area (Å²) in [5.41, 5.74) is 5.09. The Hall–Kier alpha value is -0.650. The maximum Gasteiger partial charge on any atom is 0.249 e. The number of nitrogens with two attached hydrogens (primary N) is 1. The van der Waals surface area contributed by atoms with Crippen molar-refractivity contribution in [3.63, 3.8) is 0 Å². The van der Waals surface area contributed by atoms with Crippen LogP contribution in [0.5, 0.6) is 0 Å². The Morgan fingerprint density at radius 3 is 2.11 bits per heavy atom. The molecule has 1 amide bonds. The standard InChI is InChI=1S/C14H29NO4/c1-2-3-4-5-6-7-8-9-10-19-13(14(15)18)12(17)11-16/h12-13,16-17H,2-11H2,1H3,(H2,15,18)/t12-,13-/m1/s1. The lowest BCUT2D eigenvalue weighted by Crippen LogP contribution is -2.43. The average molecular weight is 275 g/mol. The number of rotatable bonds is 13. The third-order valence-corrected chi connectivity index (χ3v) is 3.11. The quantitative estimate of drug-likeness (QED) is 0.442. The number of hydrogen-bond acceptors (Lipinski definition) is 4. The van der Waals surface area contributed by atoms with Crippen LogP contribution in [0.25, 0.3) is 0 Å². The number of amides is 1. The molecule has 0 rings (SSSR count).